The summed E-state index contributed by atoms with van der Waals surface area (Å²) in [5, 5.41) is 2.93. The van der Waals surface area contributed by atoms with Gasteiger partial charge >= 0.3 is 6.09 Å². The van der Waals surface area contributed by atoms with Gasteiger partial charge in [-0.25, -0.2) is 4.79 Å². The molecule has 1 amide bonds. The third kappa shape index (κ3) is 5.69. The maximum atomic E-state index is 12.3. The molecule has 206 valence electrons. The average Bonchev–Trinajstić information content (AvgIpc) is 3.16. The summed E-state index contributed by atoms with van der Waals surface area (Å²) in [6, 6.07) is 0. The Labute approximate surface area is 222 Å². The number of allylic oxidation sites excluding steroid dienone is 1. The van der Waals surface area contributed by atoms with E-state index >= 15 is 0 Å². The van der Waals surface area contributed by atoms with Crippen LogP contribution in [0.25, 0.3) is 0 Å². The number of carbonyl (C=O) groups excluding carboxylic acids is 1. The molecular weight excluding hydrogens is 444 g/mol. The molecule has 36 heavy (non-hydrogen) atoms. The standard InChI is InChI=1S/C32H56N2O2/c1-22(2)9-8-10-23(3)27-13-14-28-26-12-11-24-21-25(36-30(35)33-19-20-34(6)7)15-17-31(24,4)29(26)16-18-32(27,28)5/h11,22-23,25-29H,8-10,12-21H2,1-7H3,(H,33,35)/t23-,25+,26+,27-,28+,29+,31-,32+/m1/s1. The number of hydrogen-bond acceptors (Lipinski definition) is 3. The lowest BCUT2D eigenvalue weighted by atomic mass is 9.47. The van der Waals surface area contributed by atoms with Crippen molar-refractivity contribution in [3.8, 4) is 0 Å². The summed E-state index contributed by atoms with van der Waals surface area (Å²) in [6.45, 7) is 14.0. The molecule has 0 aliphatic heterocycles. The van der Waals surface area contributed by atoms with Gasteiger partial charge in [0.25, 0.3) is 0 Å². The Hall–Kier alpha value is -1.03. The Bertz CT molecular complexity index is 791. The minimum Gasteiger partial charge on any atom is -0.446 e. The second-order valence-electron chi connectivity index (χ2n) is 14.3. The van der Waals surface area contributed by atoms with Crippen molar-refractivity contribution in [1.29, 1.82) is 0 Å². The maximum Gasteiger partial charge on any atom is 0.407 e. The van der Waals surface area contributed by atoms with E-state index in [0.717, 1.165) is 54.9 Å². The van der Waals surface area contributed by atoms with Gasteiger partial charge in [-0.2, -0.15) is 0 Å². The monoisotopic (exact) mass is 500 g/mol. The van der Waals surface area contributed by atoms with Gasteiger partial charge in [0.2, 0.25) is 0 Å². The Morgan fingerprint density at radius 1 is 1.08 bits per heavy atom. The lowest BCUT2D eigenvalue weighted by molar-refractivity contribution is -0.0581. The number of hydrogen-bond donors (Lipinski definition) is 1. The molecule has 0 unspecified atom stereocenters. The van der Waals surface area contributed by atoms with Crippen LogP contribution >= 0.6 is 0 Å². The van der Waals surface area contributed by atoms with Crippen LogP contribution in [0.3, 0.4) is 0 Å². The van der Waals surface area contributed by atoms with E-state index in [4.69, 9.17) is 4.74 Å². The van der Waals surface area contributed by atoms with Gasteiger partial charge in [-0.3, -0.25) is 0 Å². The molecule has 4 nitrogen and oxygen atoms in total. The van der Waals surface area contributed by atoms with E-state index in [0.29, 0.717) is 17.4 Å². The van der Waals surface area contributed by atoms with Crippen LogP contribution in [-0.2, 0) is 4.74 Å². The second-order valence-corrected chi connectivity index (χ2v) is 14.3. The summed E-state index contributed by atoms with van der Waals surface area (Å²) < 4.78 is 5.87. The van der Waals surface area contributed by atoms with Crippen molar-refractivity contribution in [2.45, 2.75) is 111 Å². The zero-order chi connectivity index (χ0) is 26.1. The molecule has 0 aromatic heterocycles. The number of alkyl carbamates (subject to hydrolysis) is 1. The largest absolute Gasteiger partial charge is 0.446 e. The van der Waals surface area contributed by atoms with E-state index in [1.165, 1.54) is 57.8 Å². The highest BCUT2D eigenvalue weighted by atomic mass is 16.6. The molecule has 3 saturated carbocycles. The van der Waals surface area contributed by atoms with Crippen molar-refractivity contribution in [2.75, 3.05) is 27.2 Å². The first-order chi connectivity index (χ1) is 17.0. The van der Waals surface area contributed by atoms with E-state index in [2.05, 4.69) is 50.9 Å². The van der Waals surface area contributed by atoms with Gasteiger partial charge in [0.1, 0.15) is 6.10 Å². The molecule has 0 radical (unpaired) electrons. The summed E-state index contributed by atoms with van der Waals surface area (Å²) in [4.78, 5) is 14.4. The molecule has 0 bridgehead atoms. The van der Waals surface area contributed by atoms with Crippen LogP contribution in [-0.4, -0.2) is 44.3 Å². The molecule has 0 heterocycles. The van der Waals surface area contributed by atoms with Crippen LogP contribution in [0.2, 0.25) is 0 Å². The first kappa shape index (κ1) is 28.0. The number of amides is 1. The molecule has 3 fully saturated rings. The topological polar surface area (TPSA) is 41.6 Å². The summed E-state index contributed by atoms with van der Waals surface area (Å²) >= 11 is 0. The van der Waals surface area contributed by atoms with Crippen molar-refractivity contribution >= 4 is 6.09 Å². The zero-order valence-electron chi connectivity index (χ0n) is 24.6. The summed E-state index contributed by atoms with van der Waals surface area (Å²) in [7, 11) is 4.04. The molecule has 4 aliphatic carbocycles. The number of nitrogens with one attached hydrogen (secondary N) is 1. The fourth-order valence-electron chi connectivity index (χ4n) is 9.33. The molecule has 4 aliphatic rings. The van der Waals surface area contributed by atoms with E-state index in [9.17, 15) is 4.79 Å². The molecule has 4 rings (SSSR count). The molecule has 4 heteroatoms. The maximum absolute atomic E-state index is 12.3. The molecule has 0 saturated heterocycles. The Morgan fingerprint density at radius 2 is 1.86 bits per heavy atom. The molecule has 8 atom stereocenters. The van der Waals surface area contributed by atoms with Crippen molar-refractivity contribution < 1.29 is 9.53 Å². The van der Waals surface area contributed by atoms with E-state index in [1.807, 2.05) is 14.1 Å². The molecular formula is C32H56N2O2. The van der Waals surface area contributed by atoms with Crippen LogP contribution in [0.5, 0.6) is 0 Å². The Balaban J connectivity index is 1.37. The van der Waals surface area contributed by atoms with Gasteiger partial charge < -0.3 is 15.0 Å². The second kappa shape index (κ2) is 11.4. The highest BCUT2D eigenvalue weighted by Crippen LogP contribution is 2.67. The van der Waals surface area contributed by atoms with Gasteiger partial charge in [-0.1, -0.05) is 65.5 Å². The van der Waals surface area contributed by atoms with Crippen LogP contribution in [0.15, 0.2) is 11.6 Å². The lowest BCUT2D eigenvalue weighted by Gasteiger charge is -2.58. The molecule has 1 N–H and O–H groups in total. The van der Waals surface area contributed by atoms with Gasteiger partial charge in [0.15, 0.2) is 0 Å². The van der Waals surface area contributed by atoms with E-state index in [1.54, 1.807) is 5.57 Å². The van der Waals surface area contributed by atoms with Gasteiger partial charge in [0, 0.05) is 19.5 Å². The van der Waals surface area contributed by atoms with E-state index in [-0.39, 0.29) is 12.2 Å². The number of fused-ring (bicyclic) bond motifs is 5. The van der Waals surface area contributed by atoms with Crippen molar-refractivity contribution in [3.05, 3.63) is 11.6 Å². The van der Waals surface area contributed by atoms with Gasteiger partial charge in [-0.05, 0) is 105 Å². The van der Waals surface area contributed by atoms with Crippen LogP contribution < -0.4 is 5.32 Å². The number of rotatable bonds is 9. The predicted molar refractivity (Wildman–Crippen MR) is 150 cm³/mol. The van der Waals surface area contributed by atoms with Gasteiger partial charge in [0.05, 0.1) is 0 Å². The third-order valence-electron chi connectivity index (χ3n) is 11.4. The minimum absolute atomic E-state index is 0.0386. The van der Waals surface area contributed by atoms with Crippen LogP contribution in [0.4, 0.5) is 4.79 Å². The first-order valence-corrected chi connectivity index (χ1v) is 15.3. The number of nitrogens with zero attached hydrogens (tertiary/aromatic N) is 1. The highest BCUT2D eigenvalue weighted by Gasteiger charge is 2.59. The van der Waals surface area contributed by atoms with Crippen LogP contribution in [0, 0.1) is 46.3 Å². The lowest BCUT2D eigenvalue weighted by Crippen LogP contribution is -2.51. The summed E-state index contributed by atoms with van der Waals surface area (Å²) in [5.41, 5.74) is 2.46. The number of likely N-dealkylation sites (N-methyl/N-ethyl adjacent to an activating group) is 1. The normalized spacial score (nSPS) is 38.7. The van der Waals surface area contributed by atoms with Crippen molar-refractivity contribution in [2.24, 2.45) is 46.3 Å². The quantitative estimate of drug-likeness (QED) is 0.330. The summed E-state index contributed by atoms with van der Waals surface area (Å²) in [6.07, 6.45) is 16.7. The first-order valence-electron chi connectivity index (χ1n) is 15.3. The van der Waals surface area contributed by atoms with Crippen molar-refractivity contribution in [3.63, 3.8) is 0 Å². The van der Waals surface area contributed by atoms with Crippen LogP contribution in [0.1, 0.15) is 105 Å². The van der Waals surface area contributed by atoms with Gasteiger partial charge in [-0.15, -0.1) is 0 Å². The Kier molecular flexibility index (Phi) is 8.85. The number of carbonyl (C=O) groups is 1. The highest BCUT2D eigenvalue weighted by molar-refractivity contribution is 5.67. The predicted octanol–water partition coefficient (Wildman–Crippen LogP) is 7.68. The molecule has 0 spiro atoms. The third-order valence-corrected chi connectivity index (χ3v) is 11.4. The molecule has 0 aromatic rings. The fraction of sp³-hybridized carbons (Fsp3) is 0.906. The fourth-order valence-corrected chi connectivity index (χ4v) is 9.33. The average molecular weight is 501 g/mol. The van der Waals surface area contributed by atoms with Crippen molar-refractivity contribution in [1.82, 2.24) is 10.2 Å². The minimum atomic E-state index is -0.243. The zero-order valence-corrected chi connectivity index (χ0v) is 24.6. The summed E-state index contributed by atoms with van der Waals surface area (Å²) in [5.74, 6) is 5.21. The SMILES string of the molecule is CC(C)CCC[C@@H](C)[C@H]1CC[C@H]2[C@@H]3CC=C4C[C@@H](OC(=O)NCCN(C)C)CC[C@@]4(C)[C@H]3CC[C@@]12C. The smallest absolute Gasteiger partial charge is 0.407 e. The molecule has 0 aromatic carbocycles. The van der Waals surface area contributed by atoms with E-state index < -0.39 is 0 Å². The number of ether oxygens (including phenoxy) is 1. The Morgan fingerprint density at radius 3 is 2.58 bits per heavy atom.